The second-order valence-electron chi connectivity index (χ2n) is 2.86. The first-order valence-electron chi connectivity index (χ1n) is 4.24. The van der Waals surface area contributed by atoms with Crippen LogP contribution in [0.3, 0.4) is 0 Å². The Bertz CT molecular complexity index is 254. The van der Waals surface area contributed by atoms with E-state index < -0.39 is 0 Å². The van der Waals surface area contributed by atoms with Gasteiger partial charge in [-0.25, -0.2) is 0 Å². The molecule has 0 radical (unpaired) electrons. The predicted octanol–water partition coefficient (Wildman–Crippen LogP) is 3.39. The first-order valence-corrected chi connectivity index (χ1v) is 5.93. The Morgan fingerprint density at radius 3 is 3.00 bits per heavy atom. The average Bonchev–Trinajstić information content (AvgIpc) is 2.53. The molecule has 1 aliphatic carbocycles. The summed E-state index contributed by atoms with van der Waals surface area (Å²) in [6, 6.07) is 0. The summed E-state index contributed by atoms with van der Waals surface area (Å²) in [5.74, 6) is 0. The summed E-state index contributed by atoms with van der Waals surface area (Å²) in [5, 5.41) is 0. The third kappa shape index (κ3) is 3.38. The Morgan fingerprint density at radius 1 is 1.58 bits per heavy atom. The summed E-state index contributed by atoms with van der Waals surface area (Å²) in [4.78, 5) is 0. The van der Waals surface area contributed by atoms with E-state index in [2.05, 4.69) is 48.6 Å². The quantitative estimate of drug-likeness (QED) is 0.477. The monoisotopic (exact) mass is 194 g/mol. The molecule has 0 saturated carbocycles. The van der Waals surface area contributed by atoms with Crippen LogP contribution in [0.25, 0.3) is 0 Å². The standard InChI is InChI=1S/C6H9.C5H5.Ti/c1-4-5-6(2)3;1-2-4-5-3-1;/h2,4-5H,1,3H3;1-3H,4H2;/b5-4+,6-2?;;. The van der Waals surface area contributed by atoms with Gasteiger partial charge in [0.1, 0.15) is 0 Å². The van der Waals surface area contributed by atoms with E-state index in [1.807, 2.05) is 0 Å². The van der Waals surface area contributed by atoms with Crippen LogP contribution in [0.2, 0.25) is 0 Å². The van der Waals surface area contributed by atoms with Gasteiger partial charge in [-0.2, -0.15) is 0 Å². The van der Waals surface area contributed by atoms with Crippen molar-refractivity contribution in [2.75, 3.05) is 0 Å². The average molecular weight is 194 g/mol. The zero-order valence-electron chi connectivity index (χ0n) is 7.67. The Labute approximate surface area is 83.7 Å². The molecule has 1 heteroatoms. The summed E-state index contributed by atoms with van der Waals surface area (Å²) in [5.41, 5.74) is 1.41. The first kappa shape index (κ1) is 9.76. The Morgan fingerprint density at radius 2 is 2.42 bits per heavy atom. The van der Waals surface area contributed by atoms with Crippen LogP contribution in [0.1, 0.15) is 20.3 Å². The van der Waals surface area contributed by atoms with Gasteiger partial charge >= 0.3 is 83.6 Å². The van der Waals surface area contributed by atoms with Crippen molar-refractivity contribution in [3.8, 4) is 0 Å². The van der Waals surface area contributed by atoms with E-state index in [0.29, 0.717) is 0 Å². The maximum atomic E-state index is 2.40. The van der Waals surface area contributed by atoms with E-state index in [4.69, 9.17) is 0 Å². The summed E-state index contributed by atoms with van der Waals surface area (Å²) in [6.07, 6.45) is 12.1. The molecule has 0 amide bonds. The Hall–Kier alpha value is -0.326. The SMILES string of the molecule is C/C=C/C(C)=[CH]/[Ti][C]1=CC=CC1. The molecule has 0 saturated heterocycles. The van der Waals surface area contributed by atoms with E-state index >= 15 is 0 Å². The molecule has 0 nitrogen and oxygen atoms in total. The van der Waals surface area contributed by atoms with E-state index in [1.165, 1.54) is 12.0 Å². The maximum absolute atomic E-state index is 2.40. The molecule has 62 valence electrons. The molecular weight excluding hydrogens is 180 g/mol. The molecule has 0 fully saturated rings. The van der Waals surface area contributed by atoms with Gasteiger partial charge in [0.25, 0.3) is 0 Å². The molecule has 12 heavy (non-hydrogen) atoms. The zero-order valence-corrected chi connectivity index (χ0v) is 9.23. The van der Waals surface area contributed by atoms with Crippen molar-refractivity contribution in [2.24, 2.45) is 0 Å². The molecule has 0 heterocycles. The van der Waals surface area contributed by atoms with E-state index in [1.54, 1.807) is 3.88 Å². The van der Waals surface area contributed by atoms with Crippen molar-refractivity contribution in [1.82, 2.24) is 0 Å². The van der Waals surface area contributed by atoms with Gasteiger partial charge in [0.05, 0.1) is 0 Å². The predicted molar refractivity (Wildman–Crippen MR) is 50.4 cm³/mol. The molecule has 0 spiro atoms. The van der Waals surface area contributed by atoms with Crippen LogP contribution in [0, 0.1) is 0 Å². The summed E-state index contributed by atoms with van der Waals surface area (Å²) in [6.45, 7) is 4.24. The Kier molecular flexibility index (Phi) is 4.35. The van der Waals surface area contributed by atoms with Gasteiger partial charge in [0, 0.05) is 0 Å². The van der Waals surface area contributed by atoms with Crippen molar-refractivity contribution >= 4 is 0 Å². The van der Waals surface area contributed by atoms with Gasteiger partial charge in [-0.1, -0.05) is 0 Å². The molecular formula is C11H14Ti. The van der Waals surface area contributed by atoms with Gasteiger partial charge in [0.15, 0.2) is 0 Å². The molecule has 0 aliphatic heterocycles. The fourth-order valence-corrected chi connectivity index (χ4v) is 2.54. The third-order valence-electron chi connectivity index (χ3n) is 1.69. The minimum absolute atomic E-state index is 0.0248. The van der Waals surface area contributed by atoms with Crippen LogP contribution < -0.4 is 0 Å². The van der Waals surface area contributed by atoms with Crippen molar-refractivity contribution in [3.05, 3.63) is 44.2 Å². The van der Waals surface area contributed by atoms with Crippen molar-refractivity contribution in [3.63, 3.8) is 0 Å². The number of rotatable bonds is 3. The summed E-state index contributed by atoms with van der Waals surface area (Å²) in [7, 11) is 0. The molecule has 0 aromatic carbocycles. The molecule has 0 atom stereocenters. The number of allylic oxidation sites excluding steroid dienone is 7. The van der Waals surface area contributed by atoms with E-state index in [0.717, 1.165) is 0 Å². The van der Waals surface area contributed by atoms with Gasteiger partial charge in [-0.05, 0) is 0 Å². The second kappa shape index (κ2) is 5.34. The van der Waals surface area contributed by atoms with Crippen LogP contribution >= 0.6 is 0 Å². The molecule has 0 unspecified atom stereocenters. The third-order valence-corrected chi connectivity index (χ3v) is 3.78. The summed E-state index contributed by atoms with van der Waals surface area (Å²) >= 11 is 0.0248. The molecule has 1 rings (SSSR count). The molecule has 0 N–H and O–H groups in total. The van der Waals surface area contributed by atoms with Gasteiger partial charge in [0.2, 0.25) is 0 Å². The molecule has 0 aromatic rings. The fourth-order valence-electron chi connectivity index (χ4n) is 1.07. The van der Waals surface area contributed by atoms with Gasteiger partial charge in [-0.15, -0.1) is 0 Å². The molecule has 1 aliphatic rings. The molecule has 0 bridgehead atoms. The normalized spacial score (nSPS) is 17.2. The van der Waals surface area contributed by atoms with Gasteiger partial charge < -0.3 is 0 Å². The number of hydrogen-bond acceptors (Lipinski definition) is 0. The first-order chi connectivity index (χ1) is 5.83. The minimum atomic E-state index is 0.0248. The summed E-state index contributed by atoms with van der Waals surface area (Å²) < 4.78 is 4.04. The second-order valence-corrected chi connectivity index (χ2v) is 4.76. The van der Waals surface area contributed by atoms with Crippen molar-refractivity contribution in [2.45, 2.75) is 20.3 Å². The zero-order chi connectivity index (χ0) is 8.81. The topological polar surface area (TPSA) is 0 Å². The van der Waals surface area contributed by atoms with Crippen LogP contribution in [0.15, 0.2) is 44.2 Å². The van der Waals surface area contributed by atoms with Crippen LogP contribution in [-0.2, 0) is 19.2 Å². The number of hydrogen-bond donors (Lipinski definition) is 0. The van der Waals surface area contributed by atoms with Crippen LogP contribution in [0.4, 0.5) is 0 Å². The fraction of sp³-hybridized carbons (Fsp3) is 0.273. The van der Waals surface area contributed by atoms with Crippen molar-refractivity contribution < 1.29 is 19.2 Å². The van der Waals surface area contributed by atoms with Crippen LogP contribution in [-0.4, -0.2) is 0 Å². The Balaban J connectivity index is 2.38. The molecule has 0 aromatic heterocycles. The van der Waals surface area contributed by atoms with Gasteiger partial charge in [-0.3, -0.25) is 0 Å². The van der Waals surface area contributed by atoms with E-state index in [-0.39, 0.29) is 19.2 Å². The van der Waals surface area contributed by atoms with Crippen molar-refractivity contribution in [1.29, 1.82) is 0 Å². The van der Waals surface area contributed by atoms with Crippen LogP contribution in [0.5, 0.6) is 0 Å². The van der Waals surface area contributed by atoms with E-state index in [9.17, 15) is 0 Å².